The van der Waals surface area contributed by atoms with Crippen LogP contribution >= 0.6 is 23.1 Å². The Bertz CT molecular complexity index is 740. The summed E-state index contributed by atoms with van der Waals surface area (Å²) >= 11 is 3.27. The molecule has 0 N–H and O–H groups in total. The van der Waals surface area contributed by atoms with E-state index in [0.29, 0.717) is 5.75 Å². The van der Waals surface area contributed by atoms with Crippen molar-refractivity contribution in [1.29, 1.82) is 0 Å². The second-order valence-corrected chi connectivity index (χ2v) is 8.48. The minimum atomic E-state index is -0.188. The summed E-state index contributed by atoms with van der Waals surface area (Å²) in [6, 6.07) is 0. The van der Waals surface area contributed by atoms with E-state index in [0.717, 1.165) is 34.4 Å². The van der Waals surface area contributed by atoms with Gasteiger partial charge in [0.25, 0.3) is 0 Å². The van der Waals surface area contributed by atoms with Crippen LogP contribution in [0.25, 0.3) is 10.2 Å². The average Bonchev–Trinajstić information content (AvgIpc) is 2.80. The lowest BCUT2D eigenvalue weighted by molar-refractivity contribution is -0.144. The number of carbonyl (C=O) groups excluding carboxylic acids is 1. The van der Waals surface area contributed by atoms with E-state index < -0.39 is 0 Å². The van der Waals surface area contributed by atoms with Crippen molar-refractivity contribution in [3.05, 3.63) is 16.3 Å². The van der Waals surface area contributed by atoms with Crippen LogP contribution in [0, 0.1) is 12.8 Å². The van der Waals surface area contributed by atoms with E-state index in [2.05, 4.69) is 16.9 Å². The first-order valence-corrected chi connectivity index (χ1v) is 9.85. The zero-order chi connectivity index (χ0) is 16.6. The van der Waals surface area contributed by atoms with E-state index in [9.17, 15) is 4.79 Å². The van der Waals surface area contributed by atoms with Gasteiger partial charge >= 0.3 is 5.97 Å². The molecule has 0 aliphatic heterocycles. The molecule has 0 fully saturated rings. The van der Waals surface area contributed by atoms with Crippen LogP contribution in [0.4, 0.5) is 0 Å². The van der Waals surface area contributed by atoms with Crippen LogP contribution in [0.2, 0.25) is 0 Å². The molecule has 1 aliphatic carbocycles. The van der Waals surface area contributed by atoms with Gasteiger partial charge in [0, 0.05) is 10.3 Å². The summed E-state index contributed by atoms with van der Waals surface area (Å²) in [6.07, 6.45) is 3.36. The van der Waals surface area contributed by atoms with Crippen molar-refractivity contribution in [2.45, 2.75) is 58.1 Å². The minimum Gasteiger partial charge on any atom is -0.462 e. The Balaban J connectivity index is 1.91. The van der Waals surface area contributed by atoms with Crippen LogP contribution in [0.3, 0.4) is 0 Å². The molecule has 0 saturated heterocycles. The average molecular weight is 351 g/mol. The fourth-order valence-corrected chi connectivity index (χ4v) is 5.32. The van der Waals surface area contributed by atoms with Gasteiger partial charge in [-0.1, -0.05) is 18.7 Å². The summed E-state index contributed by atoms with van der Waals surface area (Å²) in [6.45, 7) is 7.96. The molecule has 2 aromatic rings. The smallest absolute Gasteiger partial charge is 0.316 e. The van der Waals surface area contributed by atoms with Gasteiger partial charge in [0.05, 0.1) is 11.9 Å². The molecule has 2 heterocycles. The molecule has 1 aliphatic rings. The van der Waals surface area contributed by atoms with Crippen LogP contribution in [-0.2, 0) is 22.4 Å². The third-order valence-corrected chi connectivity index (χ3v) is 6.02. The number of aromatic nitrogens is 2. The zero-order valence-corrected chi connectivity index (χ0v) is 15.6. The van der Waals surface area contributed by atoms with Crippen LogP contribution in [0.15, 0.2) is 5.03 Å². The Morgan fingerprint density at radius 1 is 1.43 bits per heavy atom. The molecule has 6 heteroatoms. The highest BCUT2D eigenvalue weighted by Gasteiger charge is 2.24. The van der Waals surface area contributed by atoms with Crippen molar-refractivity contribution in [2.75, 3.05) is 5.75 Å². The Labute approximate surface area is 145 Å². The zero-order valence-electron chi connectivity index (χ0n) is 14.0. The van der Waals surface area contributed by atoms with E-state index in [1.54, 1.807) is 11.3 Å². The number of esters is 1. The summed E-state index contributed by atoms with van der Waals surface area (Å²) < 4.78 is 5.22. The van der Waals surface area contributed by atoms with Crippen molar-refractivity contribution >= 4 is 39.3 Å². The molecule has 0 bridgehead atoms. The van der Waals surface area contributed by atoms with Crippen molar-refractivity contribution in [2.24, 2.45) is 5.92 Å². The van der Waals surface area contributed by atoms with Crippen LogP contribution < -0.4 is 0 Å². The molecule has 4 nitrogen and oxygen atoms in total. The van der Waals surface area contributed by atoms with Crippen LogP contribution in [-0.4, -0.2) is 27.8 Å². The van der Waals surface area contributed by atoms with Gasteiger partial charge in [0.15, 0.2) is 0 Å². The maximum absolute atomic E-state index is 11.8. The lowest BCUT2D eigenvalue weighted by atomic mass is 9.89. The van der Waals surface area contributed by atoms with Crippen LogP contribution in [0.1, 0.15) is 43.5 Å². The highest BCUT2D eigenvalue weighted by atomic mass is 32.2. The molecule has 0 amide bonds. The number of ether oxygens (including phenoxy) is 1. The standard InChI is InChI=1S/C17H22N2O2S2/c1-9(2)21-14(20)8-22-16-15-12-6-5-10(3)7-13(12)23-17(15)19-11(4)18-16/h9-10H,5-8H2,1-4H3/t10-/m0/s1. The summed E-state index contributed by atoms with van der Waals surface area (Å²) in [7, 11) is 0. The van der Waals surface area contributed by atoms with Crippen molar-refractivity contribution in [3.8, 4) is 0 Å². The van der Waals surface area contributed by atoms with Gasteiger partial charge in [-0.3, -0.25) is 4.79 Å². The van der Waals surface area contributed by atoms with Crippen molar-refractivity contribution in [1.82, 2.24) is 9.97 Å². The summed E-state index contributed by atoms with van der Waals surface area (Å²) in [5.74, 6) is 1.61. The molecule has 124 valence electrons. The largest absolute Gasteiger partial charge is 0.462 e. The highest BCUT2D eigenvalue weighted by Crippen LogP contribution is 2.40. The first kappa shape index (κ1) is 16.7. The van der Waals surface area contributed by atoms with E-state index in [1.165, 1.54) is 34.0 Å². The Morgan fingerprint density at radius 2 is 2.22 bits per heavy atom. The molecule has 1 atom stereocenters. The van der Waals surface area contributed by atoms with E-state index in [-0.39, 0.29) is 12.1 Å². The second kappa shape index (κ2) is 6.77. The van der Waals surface area contributed by atoms with E-state index in [1.807, 2.05) is 20.8 Å². The number of rotatable bonds is 4. The third kappa shape index (κ3) is 3.69. The number of thioether (sulfide) groups is 1. The van der Waals surface area contributed by atoms with Crippen LogP contribution in [0.5, 0.6) is 0 Å². The lowest BCUT2D eigenvalue weighted by Crippen LogP contribution is -2.13. The number of thiophene rings is 1. The van der Waals surface area contributed by atoms with Gasteiger partial charge in [-0.05, 0) is 51.5 Å². The molecular weight excluding hydrogens is 328 g/mol. The maximum atomic E-state index is 11.8. The molecule has 0 unspecified atom stereocenters. The summed E-state index contributed by atoms with van der Waals surface area (Å²) in [5, 5.41) is 2.10. The molecule has 23 heavy (non-hydrogen) atoms. The Kier molecular flexibility index (Phi) is 4.92. The molecule has 2 aromatic heterocycles. The number of nitrogens with zero attached hydrogens (tertiary/aromatic N) is 2. The van der Waals surface area contributed by atoms with Gasteiger partial charge in [-0.25, -0.2) is 9.97 Å². The third-order valence-electron chi connectivity index (χ3n) is 3.93. The molecule has 3 rings (SSSR count). The first-order chi connectivity index (χ1) is 10.9. The predicted octanol–water partition coefficient (Wildman–Crippen LogP) is 4.17. The second-order valence-electron chi connectivity index (χ2n) is 6.44. The molecule has 0 radical (unpaired) electrons. The maximum Gasteiger partial charge on any atom is 0.316 e. The number of fused-ring (bicyclic) bond motifs is 3. The fraction of sp³-hybridized carbons (Fsp3) is 0.588. The Hall–Kier alpha value is -1.14. The first-order valence-electron chi connectivity index (χ1n) is 8.05. The van der Waals surface area contributed by atoms with E-state index >= 15 is 0 Å². The van der Waals surface area contributed by atoms with Crippen molar-refractivity contribution < 1.29 is 9.53 Å². The van der Waals surface area contributed by atoms with Gasteiger partial charge in [0.2, 0.25) is 0 Å². The minimum absolute atomic E-state index is 0.0781. The predicted molar refractivity (Wildman–Crippen MR) is 95.3 cm³/mol. The van der Waals surface area contributed by atoms with E-state index in [4.69, 9.17) is 4.74 Å². The molecular formula is C17H22N2O2S2. The van der Waals surface area contributed by atoms with Gasteiger partial charge in [-0.2, -0.15) is 0 Å². The summed E-state index contributed by atoms with van der Waals surface area (Å²) in [4.78, 5) is 23.6. The SMILES string of the molecule is Cc1nc(SCC(=O)OC(C)C)c2c3c(sc2n1)C[C@@H](C)CC3. The monoisotopic (exact) mass is 350 g/mol. The number of hydrogen-bond acceptors (Lipinski definition) is 6. The fourth-order valence-electron chi connectivity index (χ4n) is 2.94. The molecule has 0 saturated carbocycles. The topological polar surface area (TPSA) is 52.1 Å². The Morgan fingerprint density at radius 3 is 2.96 bits per heavy atom. The molecule has 0 aromatic carbocycles. The van der Waals surface area contributed by atoms with Gasteiger partial charge in [-0.15, -0.1) is 11.3 Å². The van der Waals surface area contributed by atoms with Gasteiger partial charge < -0.3 is 4.74 Å². The summed E-state index contributed by atoms with van der Waals surface area (Å²) in [5.41, 5.74) is 1.41. The number of aryl methyl sites for hydroxylation is 2. The molecule has 0 spiro atoms. The van der Waals surface area contributed by atoms with Gasteiger partial charge in [0.1, 0.15) is 15.7 Å². The quantitative estimate of drug-likeness (QED) is 0.471. The number of hydrogen-bond donors (Lipinski definition) is 0. The number of carbonyl (C=O) groups is 1. The highest BCUT2D eigenvalue weighted by molar-refractivity contribution is 8.00. The lowest BCUT2D eigenvalue weighted by Gasteiger charge is -2.18. The normalized spacial score (nSPS) is 17.5. The van der Waals surface area contributed by atoms with Crippen molar-refractivity contribution in [3.63, 3.8) is 0 Å².